The lowest BCUT2D eigenvalue weighted by atomic mass is 10.1. The van der Waals surface area contributed by atoms with Gasteiger partial charge in [0.25, 0.3) is 0 Å². The fraction of sp³-hybridized carbons (Fsp3) is 0.917. The molecule has 0 aliphatic carbocycles. The number of nitrogens with one attached hydrogen (secondary N) is 1. The second-order valence-electron chi connectivity index (χ2n) is 4.68. The van der Waals surface area contributed by atoms with Gasteiger partial charge in [-0.3, -0.25) is 10.1 Å². The molecular weight excluding hydrogens is 254 g/mol. The summed E-state index contributed by atoms with van der Waals surface area (Å²) in [6, 6.07) is -0.625. The van der Waals surface area contributed by atoms with Crippen LogP contribution in [0.5, 0.6) is 0 Å². The lowest BCUT2D eigenvalue weighted by molar-refractivity contribution is -0.158. The van der Waals surface area contributed by atoms with Crippen molar-refractivity contribution in [1.82, 2.24) is 5.32 Å². The van der Waals surface area contributed by atoms with Gasteiger partial charge in [-0.2, -0.15) is 0 Å². The summed E-state index contributed by atoms with van der Waals surface area (Å²) in [6.45, 7) is 4.26. The molecule has 0 aromatic rings. The molecule has 2 atom stereocenters. The van der Waals surface area contributed by atoms with Crippen molar-refractivity contribution in [3.63, 3.8) is 0 Å². The molecule has 7 nitrogen and oxygen atoms in total. The molecule has 0 radical (unpaired) electrons. The maximum Gasteiger partial charge on any atom is 0.325 e. The first-order valence-electron chi connectivity index (χ1n) is 6.12. The highest BCUT2D eigenvalue weighted by Gasteiger charge is 2.41. The zero-order valence-corrected chi connectivity index (χ0v) is 12.1. The van der Waals surface area contributed by atoms with Gasteiger partial charge in [0.05, 0.1) is 13.7 Å². The maximum atomic E-state index is 11.8. The maximum absolute atomic E-state index is 11.8. The second-order valence-corrected chi connectivity index (χ2v) is 4.68. The van der Waals surface area contributed by atoms with Gasteiger partial charge >= 0.3 is 5.97 Å². The molecule has 1 fully saturated rings. The largest absolute Gasteiger partial charge is 0.468 e. The molecule has 0 spiro atoms. The van der Waals surface area contributed by atoms with Gasteiger partial charge in [-0.05, 0) is 13.8 Å². The SMILES string of the molecule is COC(=O)[C@@H](NCC(OC)OC)[C@@H]1COC(C)(C)O1. The Labute approximate surface area is 113 Å². The molecule has 1 aliphatic rings. The first-order chi connectivity index (χ1) is 8.93. The number of carbonyl (C=O) groups is 1. The Morgan fingerprint density at radius 1 is 1.37 bits per heavy atom. The number of ether oxygens (including phenoxy) is 5. The van der Waals surface area contributed by atoms with Crippen molar-refractivity contribution < 1.29 is 28.5 Å². The number of esters is 1. The van der Waals surface area contributed by atoms with Crippen LogP contribution < -0.4 is 5.32 Å². The van der Waals surface area contributed by atoms with E-state index in [1.165, 1.54) is 21.3 Å². The van der Waals surface area contributed by atoms with E-state index in [1.54, 1.807) is 13.8 Å². The fourth-order valence-corrected chi connectivity index (χ4v) is 1.86. The van der Waals surface area contributed by atoms with E-state index in [9.17, 15) is 4.79 Å². The first kappa shape index (κ1) is 16.3. The van der Waals surface area contributed by atoms with Crippen LogP contribution in [0.2, 0.25) is 0 Å². The molecule has 19 heavy (non-hydrogen) atoms. The molecule has 1 heterocycles. The van der Waals surface area contributed by atoms with Gasteiger partial charge in [0.15, 0.2) is 12.1 Å². The lowest BCUT2D eigenvalue weighted by Gasteiger charge is -2.24. The molecule has 1 aliphatic heterocycles. The molecule has 1 N–H and O–H groups in total. The Balaban J connectivity index is 2.60. The Kier molecular flexibility index (Phi) is 6.15. The average molecular weight is 277 g/mol. The zero-order chi connectivity index (χ0) is 14.5. The minimum atomic E-state index is -0.694. The summed E-state index contributed by atoms with van der Waals surface area (Å²) in [7, 11) is 4.39. The van der Waals surface area contributed by atoms with E-state index in [-0.39, 0.29) is 0 Å². The molecule has 7 heteroatoms. The van der Waals surface area contributed by atoms with Gasteiger partial charge < -0.3 is 23.7 Å². The highest BCUT2D eigenvalue weighted by Crippen LogP contribution is 2.24. The second kappa shape index (κ2) is 7.16. The third-order valence-corrected chi connectivity index (χ3v) is 2.89. The predicted molar refractivity (Wildman–Crippen MR) is 66.5 cm³/mol. The molecule has 1 saturated heterocycles. The van der Waals surface area contributed by atoms with Crippen LogP contribution in [0.1, 0.15) is 13.8 Å². The Bertz CT molecular complexity index is 292. The average Bonchev–Trinajstić information content (AvgIpc) is 2.74. The number of hydrogen-bond donors (Lipinski definition) is 1. The molecular formula is C12H23NO6. The van der Waals surface area contributed by atoms with Crippen molar-refractivity contribution in [3.05, 3.63) is 0 Å². The monoisotopic (exact) mass is 277 g/mol. The minimum Gasteiger partial charge on any atom is -0.468 e. The van der Waals surface area contributed by atoms with E-state index in [0.29, 0.717) is 13.2 Å². The van der Waals surface area contributed by atoms with E-state index in [4.69, 9.17) is 23.7 Å². The topological polar surface area (TPSA) is 75.3 Å². The van der Waals surface area contributed by atoms with Gasteiger partial charge in [-0.25, -0.2) is 0 Å². The normalized spacial score (nSPS) is 23.6. The van der Waals surface area contributed by atoms with Gasteiger partial charge in [0.1, 0.15) is 12.1 Å². The molecule has 0 aromatic carbocycles. The van der Waals surface area contributed by atoms with Gasteiger partial charge in [0.2, 0.25) is 0 Å². The lowest BCUT2D eigenvalue weighted by Crippen LogP contribution is -2.50. The summed E-state index contributed by atoms with van der Waals surface area (Å²) < 4.78 is 26.0. The number of hydrogen-bond acceptors (Lipinski definition) is 7. The summed E-state index contributed by atoms with van der Waals surface area (Å²) in [4.78, 5) is 11.8. The van der Waals surface area contributed by atoms with Crippen LogP contribution in [0, 0.1) is 0 Å². The summed E-state index contributed by atoms with van der Waals surface area (Å²) in [6.07, 6.45) is -0.848. The molecule has 112 valence electrons. The molecule has 0 saturated carbocycles. The Hall–Kier alpha value is -0.730. The van der Waals surface area contributed by atoms with Crippen LogP contribution in [-0.2, 0) is 28.5 Å². The Morgan fingerprint density at radius 2 is 2.00 bits per heavy atom. The summed E-state index contributed by atoms with van der Waals surface area (Å²) >= 11 is 0. The Morgan fingerprint density at radius 3 is 2.42 bits per heavy atom. The van der Waals surface area contributed by atoms with Crippen LogP contribution in [0.3, 0.4) is 0 Å². The summed E-state index contributed by atoms with van der Waals surface area (Å²) in [5.41, 5.74) is 0. The smallest absolute Gasteiger partial charge is 0.325 e. The summed E-state index contributed by atoms with van der Waals surface area (Å²) in [5, 5.41) is 3.02. The molecule has 0 unspecified atom stereocenters. The molecule has 0 amide bonds. The van der Waals surface area contributed by atoms with Crippen molar-refractivity contribution >= 4 is 5.97 Å². The van der Waals surface area contributed by atoms with Crippen molar-refractivity contribution in [2.45, 2.75) is 38.1 Å². The summed E-state index contributed by atoms with van der Waals surface area (Å²) in [5.74, 6) is -1.10. The number of carbonyl (C=O) groups excluding carboxylic acids is 1. The molecule has 0 bridgehead atoms. The fourth-order valence-electron chi connectivity index (χ4n) is 1.86. The van der Waals surface area contributed by atoms with E-state index >= 15 is 0 Å². The van der Waals surface area contributed by atoms with Gasteiger partial charge in [0, 0.05) is 20.8 Å². The van der Waals surface area contributed by atoms with Crippen molar-refractivity contribution in [3.8, 4) is 0 Å². The highest BCUT2D eigenvalue weighted by atomic mass is 16.7. The zero-order valence-electron chi connectivity index (χ0n) is 12.1. The standard InChI is InChI=1S/C12H23NO6/c1-12(2)18-7-8(19-12)10(11(14)17-5)13-6-9(15-3)16-4/h8-10,13H,6-7H2,1-5H3/t8-,10-/m0/s1. The van der Waals surface area contributed by atoms with Gasteiger partial charge in [-0.15, -0.1) is 0 Å². The van der Waals surface area contributed by atoms with Crippen LogP contribution in [0.25, 0.3) is 0 Å². The third-order valence-electron chi connectivity index (χ3n) is 2.89. The van der Waals surface area contributed by atoms with E-state index in [2.05, 4.69) is 5.32 Å². The van der Waals surface area contributed by atoms with E-state index in [0.717, 1.165) is 0 Å². The van der Waals surface area contributed by atoms with Crippen LogP contribution in [-0.4, -0.2) is 64.7 Å². The van der Waals surface area contributed by atoms with Crippen LogP contribution in [0.15, 0.2) is 0 Å². The predicted octanol–water partition coefficient (Wildman–Crippen LogP) is -0.112. The van der Waals surface area contributed by atoms with E-state index in [1.807, 2.05) is 0 Å². The molecule has 0 aromatic heterocycles. The van der Waals surface area contributed by atoms with Crippen LogP contribution in [0.4, 0.5) is 0 Å². The third kappa shape index (κ3) is 4.70. The number of methoxy groups -OCH3 is 3. The van der Waals surface area contributed by atoms with Crippen LogP contribution >= 0.6 is 0 Å². The molecule has 1 rings (SSSR count). The van der Waals surface area contributed by atoms with E-state index < -0.39 is 30.2 Å². The van der Waals surface area contributed by atoms with Crippen molar-refractivity contribution in [1.29, 1.82) is 0 Å². The highest BCUT2D eigenvalue weighted by molar-refractivity contribution is 5.76. The van der Waals surface area contributed by atoms with Crippen molar-refractivity contribution in [2.24, 2.45) is 0 Å². The first-order valence-corrected chi connectivity index (χ1v) is 6.12. The quantitative estimate of drug-likeness (QED) is 0.514. The number of rotatable bonds is 7. The van der Waals surface area contributed by atoms with Gasteiger partial charge in [-0.1, -0.05) is 0 Å². The minimum absolute atomic E-state index is 0.324. The van der Waals surface area contributed by atoms with Crippen molar-refractivity contribution in [2.75, 3.05) is 34.5 Å².